The average molecular weight is 261 g/mol. The van der Waals surface area contributed by atoms with Gasteiger partial charge in [0.25, 0.3) is 6.43 Å². The van der Waals surface area contributed by atoms with Gasteiger partial charge in [-0.05, 0) is 6.42 Å². The number of methoxy groups -OCH3 is 1. The van der Waals surface area contributed by atoms with Crippen LogP contribution in [0.4, 0.5) is 8.78 Å². The van der Waals surface area contributed by atoms with Crippen molar-refractivity contribution in [1.82, 2.24) is 4.31 Å². The Morgan fingerprint density at radius 1 is 1.44 bits per heavy atom. The molecule has 16 heavy (non-hydrogen) atoms. The maximum absolute atomic E-state index is 12.1. The number of alkyl halides is 2. The van der Waals surface area contributed by atoms with E-state index in [-0.39, 0.29) is 25.3 Å². The minimum atomic E-state index is -3.74. The second kappa shape index (κ2) is 7.88. The summed E-state index contributed by atoms with van der Waals surface area (Å²) in [4.78, 5) is 0. The zero-order valence-electron chi connectivity index (χ0n) is 9.10. The highest BCUT2D eigenvalue weighted by atomic mass is 32.2. The Balaban J connectivity index is 4.37. The number of halogens is 2. The third-order valence-corrected chi connectivity index (χ3v) is 3.76. The van der Waals surface area contributed by atoms with Gasteiger partial charge < -0.3 is 9.84 Å². The summed E-state index contributed by atoms with van der Waals surface area (Å²) in [5, 5.41) is 8.61. The zero-order valence-corrected chi connectivity index (χ0v) is 9.92. The molecule has 0 aliphatic carbocycles. The summed E-state index contributed by atoms with van der Waals surface area (Å²) < 4.78 is 52.6. The molecule has 0 unspecified atom stereocenters. The van der Waals surface area contributed by atoms with E-state index in [0.717, 1.165) is 0 Å². The number of hydrogen-bond donors (Lipinski definition) is 1. The molecule has 0 radical (unpaired) electrons. The Kier molecular flexibility index (Phi) is 7.73. The molecule has 0 atom stereocenters. The van der Waals surface area contributed by atoms with Gasteiger partial charge in [-0.3, -0.25) is 0 Å². The highest BCUT2D eigenvalue weighted by molar-refractivity contribution is 7.89. The molecule has 0 saturated heterocycles. The van der Waals surface area contributed by atoms with E-state index in [1.807, 2.05) is 0 Å². The normalized spacial score (nSPS) is 12.6. The first kappa shape index (κ1) is 15.7. The summed E-state index contributed by atoms with van der Waals surface area (Å²) in [6.45, 7) is -1.41. The van der Waals surface area contributed by atoms with Gasteiger partial charge in [0, 0.05) is 20.3 Å². The number of hydrogen-bond acceptors (Lipinski definition) is 4. The molecule has 1 N–H and O–H groups in total. The van der Waals surface area contributed by atoms with Crippen LogP contribution in [-0.2, 0) is 14.8 Å². The van der Waals surface area contributed by atoms with Crippen molar-refractivity contribution in [3.05, 3.63) is 0 Å². The number of aliphatic hydroxyl groups is 1. The molecule has 0 bridgehead atoms. The lowest BCUT2D eigenvalue weighted by molar-refractivity contribution is 0.113. The molecule has 0 aliphatic rings. The highest BCUT2D eigenvalue weighted by Crippen LogP contribution is 2.07. The summed E-state index contributed by atoms with van der Waals surface area (Å²) in [5.41, 5.74) is 0. The van der Waals surface area contributed by atoms with Crippen LogP contribution in [0.5, 0.6) is 0 Å². The van der Waals surface area contributed by atoms with Crippen LogP contribution in [0.2, 0.25) is 0 Å². The van der Waals surface area contributed by atoms with Crippen molar-refractivity contribution in [2.24, 2.45) is 0 Å². The lowest BCUT2D eigenvalue weighted by atomic mass is 10.5. The minimum absolute atomic E-state index is 0.240. The Labute approximate surface area is 94.1 Å². The maximum Gasteiger partial charge on any atom is 0.252 e. The molecule has 0 aliphatic heterocycles. The van der Waals surface area contributed by atoms with Gasteiger partial charge in [0.05, 0.1) is 18.9 Å². The average Bonchev–Trinajstić information content (AvgIpc) is 2.16. The van der Waals surface area contributed by atoms with Gasteiger partial charge in [-0.25, -0.2) is 17.2 Å². The third-order valence-electron chi connectivity index (χ3n) is 1.84. The fourth-order valence-corrected chi connectivity index (χ4v) is 2.56. The lowest BCUT2D eigenvalue weighted by Crippen LogP contribution is -2.38. The number of sulfonamides is 1. The van der Waals surface area contributed by atoms with Gasteiger partial charge >= 0.3 is 0 Å². The molecule has 0 aromatic heterocycles. The van der Waals surface area contributed by atoms with Crippen molar-refractivity contribution in [1.29, 1.82) is 0 Å². The molecular formula is C8H17F2NO4S. The summed E-state index contributed by atoms with van der Waals surface area (Å²) >= 11 is 0. The van der Waals surface area contributed by atoms with Gasteiger partial charge in [-0.1, -0.05) is 0 Å². The van der Waals surface area contributed by atoms with Crippen LogP contribution < -0.4 is 0 Å². The summed E-state index contributed by atoms with van der Waals surface area (Å²) in [6.07, 6.45) is -2.51. The largest absolute Gasteiger partial charge is 0.395 e. The van der Waals surface area contributed by atoms with E-state index < -0.39 is 29.6 Å². The van der Waals surface area contributed by atoms with E-state index in [1.165, 1.54) is 7.11 Å². The fourth-order valence-electron chi connectivity index (χ4n) is 1.12. The van der Waals surface area contributed by atoms with Gasteiger partial charge in [0.2, 0.25) is 10.0 Å². The third kappa shape index (κ3) is 6.31. The second-order valence-corrected chi connectivity index (χ2v) is 5.22. The van der Waals surface area contributed by atoms with Gasteiger partial charge in [0.1, 0.15) is 0 Å². The lowest BCUT2D eigenvalue weighted by Gasteiger charge is -2.20. The fraction of sp³-hybridized carbons (Fsp3) is 1.00. The molecule has 0 aromatic rings. The van der Waals surface area contributed by atoms with Gasteiger partial charge in [0.15, 0.2) is 0 Å². The number of rotatable bonds is 9. The second-order valence-electron chi connectivity index (χ2n) is 3.14. The molecule has 0 saturated carbocycles. The van der Waals surface area contributed by atoms with E-state index in [9.17, 15) is 17.2 Å². The summed E-state index contributed by atoms with van der Waals surface area (Å²) in [7, 11) is -2.31. The first-order valence-electron chi connectivity index (χ1n) is 4.79. The van der Waals surface area contributed by atoms with Gasteiger partial charge in [-0.15, -0.1) is 0 Å². The van der Waals surface area contributed by atoms with E-state index in [2.05, 4.69) is 4.74 Å². The molecule has 0 amide bonds. The Hall–Kier alpha value is -0.310. The van der Waals surface area contributed by atoms with Crippen molar-refractivity contribution in [3.8, 4) is 0 Å². The van der Waals surface area contributed by atoms with Gasteiger partial charge in [-0.2, -0.15) is 4.31 Å². The van der Waals surface area contributed by atoms with Crippen molar-refractivity contribution in [2.45, 2.75) is 12.8 Å². The van der Waals surface area contributed by atoms with Crippen LogP contribution >= 0.6 is 0 Å². The zero-order chi connectivity index (χ0) is 12.6. The molecule has 98 valence electrons. The Bertz CT molecular complexity index is 271. The molecule has 0 heterocycles. The standard InChI is InChI=1S/C8H17F2NO4S/c1-15-5-2-6-16(13,14)11(3-4-12)7-8(9)10/h8,12H,2-7H2,1H3. The van der Waals surface area contributed by atoms with Crippen LogP contribution in [0.15, 0.2) is 0 Å². The maximum atomic E-state index is 12.1. The predicted molar refractivity (Wildman–Crippen MR) is 54.9 cm³/mol. The molecular weight excluding hydrogens is 244 g/mol. The van der Waals surface area contributed by atoms with Crippen molar-refractivity contribution >= 4 is 10.0 Å². The Morgan fingerprint density at radius 2 is 2.06 bits per heavy atom. The molecule has 0 spiro atoms. The predicted octanol–water partition coefficient (Wildman–Crippen LogP) is -0.0879. The summed E-state index contributed by atoms with van der Waals surface area (Å²) in [6, 6.07) is 0. The first-order chi connectivity index (χ1) is 7.44. The van der Waals surface area contributed by atoms with E-state index in [4.69, 9.17) is 5.11 Å². The molecule has 0 fully saturated rings. The molecule has 8 heteroatoms. The SMILES string of the molecule is COCCCS(=O)(=O)N(CCO)CC(F)F. The van der Waals surface area contributed by atoms with Crippen LogP contribution in [0.3, 0.4) is 0 Å². The Morgan fingerprint density at radius 3 is 2.50 bits per heavy atom. The van der Waals surface area contributed by atoms with Crippen molar-refractivity contribution in [2.75, 3.05) is 39.2 Å². The monoisotopic (exact) mass is 261 g/mol. The molecule has 0 rings (SSSR count). The quantitative estimate of drug-likeness (QED) is 0.589. The number of ether oxygens (including phenoxy) is 1. The van der Waals surface area contributed by atoms with Crippen LogP contribution in [0, 0.1) is 0 Å². The van der Waals surface area contributed by atoms with E-state index in [1.54, 1.807) is 0 Å². The molecule has 5 nitrogen and oxygen atoms in total. The van der Waals surface area contributed by atoms with Crippen LogP contribution in [-0.4, -0.2) is 63.4 Å². The topological polar surface area (TPSA) is 66.8 Å². The summed E-state index contributed by atoms with van der Waals surface area (Å²) in [5.74, 6) is -0.256. The van der Waals surface area contributed by atoms with Crippen LogP contribution in [0.25, 0.3) is 0 Å². The minimum Gasteiger partial charge on any atom is -0.395 e. The number of aliphatic hydroxyl groups excluding tert-OH is 1. The van der Waals surface area contributed by atoms with E-state index >= 15 is 0 Å². The van der Waals surface area contributed by atoms with E-state index in [0.29, 0.717) is 4.31 Å². The molecule has 0 aromatic carbocycles. The highest BCUT2D eigenvalue weighted by Gasteiger charge is 2.24. The number of nitrogens with zero attached hydrogens (tertiary/aromatic N) is 1. The smallest absolute Gasteiger partial charge is 0.252 e. The van der Waals surface area contributed by atoms with Crippen molar-refractivity contribution in [3.63, 3.8) is 0 Å². The van der Waals surface area contributed by atoms with Crippen LogP contribution in [0.1, 0.15) is 6.42 Å². The first-order valence-corrected chi connectivity index (χ1v) is 6.40. The van der Waals surface area contributed by atoms with Crippen molar-refractivity contribution < 1.29 is 27.0 Å².